The van der Waals surface area contributed by atoms with Gasteiger partial charge in [-0.15, -0.1) is 40.9 Å². The van der Waals surface area contributed by atoms with E-state index in [1.165, 1.54) is 94.9 Å². The molecule has 0 fully saturated rings. The van der Waals surface area contributed by atoms with E-state index in [1.54, 1.807) is 164 Å². The molecule has 0 saturated carbocycles. The number of phenols is 4. The van der Waals surface area contributed by atoms with Crippen molar-refractivity contribution in [3.8, 4) is 52.5 Å². The molecule has 8 N–H and O–H groups in total. The molecule has 0 aliphatic carbocycles. The highest BCUT2D eigenvalue weighted by molar-refractivity contribution is 6.15. The lowest BCUT2D eigenvalue weighted by Crippen LogP contribution is -2.17. The van der Waals surface area contributed by atoms with Crippen LogP contribution in [0.5, 0.6) is 28.7 Å². The first-order chi connectivity index (χ1) is 68.4. The summed E-state index contributed by atoms with van der Waals surface area (Å²) in [4.78, 5) is 98.4. The van der Waals surface area contributed by atoms with Crippen LogP contribution in [-0.2, 0) is 6.42 Å². The van der Waals surface area contributed by atoms with Crippen LogP contribution in [0.4, 0.5) is 85.8 Å². The second-order valence-electron chi connectivity index (χ2n) is 29.4. The number of azo groups is 4. The van der Waals surface area contributed by atoms with Crippen LogP contribution in [-0.4, -0.2) is 137 Å². The van der Waals surface area contributed by atoms with E-state index < -0.39 is 23.6 Å². The molecule has 4 amide bonds. The van der Waals surface area contributed by atoms with Crippen molar-refractivity contribution < 1.29 is 44.3 Å². The molecule has 680 valence electrons. The van der Waals surface area contributed by atoms with E-state index in [4.69, 9.17) is 31.0 Å². The summed E-state index contributed by atoms with van der Waals surface area (Å²) in [7, 11) is 2.97. The fourth-order valence-electron chi connectivity index (χ4n) is 13.9. The SMILES string of the molecule is [C-]#[N+]c1cnn(-c2ncccn2)c1N=Nc1c(O)c(C(=O)NC)cc2ccccc12.[C-]#[N+]c1cnn(-c2ncccn2)c1N=Nc1c(O)c(C(=O)Nc2ccc(C)cc2)cc2ccccc12.[C-]#[N+]c1cnn(-c2ncccn2)c1N=Nc1c(O)c(C(=O)Nc2ccc(CC)cc2)cc2ccccc12.[C-]#[N+]c1cnn(-c2ncccn2)c1N=Nc1c(O)c(C(=O)Nc2ccccc2OC)cc2ccccc12. The molecular formula is C99H70N32O9. The molecule has 41 heteroatoms. The van der Waals surface area contributed by atoms with E-state index in [9.17, 15) is 39.6 Å². The summed E-state index contributed by atoms with van der Waals surface area (Å²) in [5.74, 6) is -1.70. The molecule has 19 aromatic rings. The zero-order chi connectivity index (χ0) is 97.7. The van der Waals surface area contributed by atoms with Gasteiger partial charge in [-0.2, -0.15) is 39.1 Å². The number of nitrogens with zero attached hydrogens (tertiary/aromatic N) is 28. The third-order valence-electron chi connectivity index (χ3n) is 20.8. The molecule has 19 rings (SSSR count). The molecule has 0 unspecified atom stereocenters. The number of aromatic hydroxyl groups is 4. The van der Waals surface area contributed by atoms with Crippen LogP contribution in [0, 0.1) is 33.2 Å². The minimum atomic E-state index is -0.561. The Kier molecular flexibility index (Phi) is 27.9. The highest BCUT2D eigenvalue weighted by Gasteiger charge is 2.27. The predicted molar refractivity (Wildman–Crippen MR) is 518 cm³/mol. The largest absolute Gasteiger partial charge is 0.505 e. The predicted octanol–water partition coefficient (Wildman–Crippen LogP) is 21.9. The van der Waals surface area contributed by atoms with Crippen LogP contribution in [0.15, 0.2) is 334 Å². The van der Waals surface area contributed by atoms with E-state index >= 15 is 0 Å². The first kappa shape index (κ1) is 92.1. The maximum Gasteiger partial charge on any atom is 0.259 e. The monoisotopic (exact) mass is 1850 g/mol. The smallest absolute Gasteiger partial charge is 0.259 e. The Morgan fingerprint density at radius 1 is 0.350 bits per heavy atom. The number of carbonyl (C=O) groups excluding carboxylic acids is 4. The van der Waals surface area contributed by atoms with Crippen molar-refractivity contribution in [1.29, 1.82) is 0 Å². The molecule has 41 nitrogen and oxygen atoms in total. The molecule has 8 heterocycles. The Bertz CT molecular complexity index is 8250. The van der Waals surface area contributed by atoms with Crippen LogP contribution in [0.25, 0.3) is 86.3 Å². The van der Waals surface area contributed by atoms with E-state index in [0.29, 0.717) is 65.9 Å². The zero-order valence-corrected chi connectivity index (χ0v) is 73.8. The second-order valence-corrected chi connectivity index (χ2v) is 29.4. The van der Waals surface area contributed by atoms with Crippen molar-refractivity contribution in [2.75, 3.05) is 30.1 Å². The third kappa shape index (κ3) is 20.0. The van der Waals surface area contributed by atoms with Crippen LogP contribution in [0.1, 0.15) is 59.5 Å². The average molecular weight is 1850 g/mol. The number of aryl methyl sites for hydroxylation is 2. The maximum absolute atomic E-state index is 13.2. The molecule has 0 aliphatic heterocycles. The van der Waals surface area contributed by atoms with Gasteiger partial charge in [0.25, 0.3) is 70.2 Å². The van der Waals surface area contributed by atoms with Gasteiger partial charge in [-0.05, 0) is 125 Å². The van der Waals surface area contributed by atoms with Crippen molar-refractivity contribution in [3.05, 3.63) is 372 Å². The van der Waals surface area contributed by atoms with E-state index in [0.717, 1.165) is 17.5 Å². The number of anilines is 3. The molecule has 0 radical (unpaired) electrons. The Labute approximate surface area is 792 Å². The van der Waals surface area contributed by atoms with Gasteiger partial charge < -0.3 is 46.4 Å². The van der Waals surface area contributed by atoms with Crippen molar-refractivity contribution in [1.82, 2.24) is 84.3 Å². The molecule has 140 heavy (non-hydrogen) atoms. The Hall–Kier alpha value is -21.1. The summed E-state index contributed by atoms with van der Waals surface area (Å²) < 4.78 is 10.4. The van der Waals surface area contributed by atoms with Crippen molar-refractivity contribution in [3.63, 3.8) is 0 Å². The van der Waals surface area contributed by atoms with Crippen LogP contribution < -0.4 is 26.0 Å². The summed E-state index contributed by atoms with van der Waals surface area (Å²) >= 11 is 0. The number of hydrogen-bond acceptors (Lipinski definition) is 29. The van der Waals surface area contributed by atoms with Gasteiger partial charge in [-0.25, -0.2) is 59.3 Å². The number of phenolic OH excluding ortho intramolecular Hbond substituents is 4. The number of methoxy groups -OCH3 is 1. The number of rotatable bonds is 21. The molecule has 8 aromatic heterocycles. The van der Waals surface area contributed by atoms with E-state index in [1.807, 2.05) is 73.7 Å². The van der Waals surface area contributed by atoms with Gasteiger partial charge >= 0.3 is 0 Å². The van der Waals surface area contributed by atoms with Gasteiger partial charge in [0.1, 0.15) is 28.5 Å². The summed E-state index contributed by atoms with van der Waals surface area (Å²) in [5, 5.41) is 110. The molecule has 0 bridgehead atoms. The quantitative estimate of drug-likeness (QED) is 0.0245. The lowest BCUT2D eigenvalue weighted by Gasteiger charge is -2.13. The number of nitrogens with one attached hydrogen (secondary N) is 4. The van der Waals surface area contributed by atoms with Crippen molar-refractivity contribution in [2.45, 2.75) is 20.3 Å². The zero-order valence-electron chi connectivity index (χ0n) is 73.8. The van der Waals surface area contributed by atoms with Crippen LogP contribution in [0.3, 0.4) is 0 Å². The number of aromatic nitrogens is 16. The lowest BCUT2D eigenvalue weighted by molar-refractivity contribution is 0.0958. The standard InChI is InChI=1S/C27H20N8O2.C26H18N8O3.C26H18N8O2.C20H14N8O2/c1-3-17-9-11-19(12-10-17)32-26(37)21-15-18-7-4-5-8-20(18)23(24(21)36)33-34-25-22(28-2)16-31-35(25)27-29-13-6-14-30-27;1-27-20-15-30-34(26-28-12-7-13-29-26)24(20)33-32-22-17-9-4-3-8-16(17)14-18(23(22)35)25(36)31-19-10-5-6-11-21(19)37-2;1-16-8-10-18(11-9-16)31-25(36)20-14-17-6-3-4-7-19(17)22(23(20)35)32-33-24-21(27-2)15-30-34(24)26-28-12-5-13-29-26;1-21-15-11-25-28(20-23-8-5-9-24-20)18(15)27-26-16-13-7-4-3-6-12(13)10-14(17(16)29)19(30)22-2/h4-16,36H,3H2,1H3,(H,32,37);3-15,35H,2H3,(H,31,36);3-15,35H,1H3,(H,31,36);3-11,29H,2H3,(H,22,30). The van der Waals surface area contributed by atoms with Gasteiger partial charge in [0.2, 0.25) is 0 Å². The second kappa shape index (κ2) is 42.4. The first-order valence-electron chi connectivity index (χ1n) is 41.9. The summed E-state index contributed by atoms with van der Waals surface area (Å²) in [6.45, 7) is 33.7. The van der Waals surface area contributed by atoms with Crippen molar-refractivity contribution in [2.24, 2.45) is 40.9 Å². The van der Waals surface area contributed by atoms with E-state index in [2.05, 4.69) is 149 Å². The fourth-order valence-corrected chi connectivity index (χ4v) is 13.9. The number of benzene rings is 11. The number of hydrogen-bond donors (Lipinski definition) is 8. The third-order valence-corrected chi connectivity index (χ3v) is 20.8. The van der Waals surface area contributed by atoms with E-state index in [-0.39, 0.29) is 138 Å². The summed E-state index contributed by atoms with van der Waals surface area (Å²) in [5.41, 5.74) is 4.81. The molecular weight excluding hydrogens is 1780 g/mol. The number of ether oxygens (including phenoxy) is 1. The van der Waals surface area contributed by atoms with Gasteiger partial charge in [-0.3, -0.25) is 19.2 Å². The lowest BCUT2D eigenvalue weighted by atomic mass is 10.0. The number of fused-ring (bicyclic) bond motifs is 4. The van der Waals surface area contributed by atoms with Crippen LogP contribution in [0.2, 0.25) is 0 Å². The number of carbonyl (C=O) groups is 4. The first-order valence-corrected chi connectivity index (χ1v) is 41.9. The average Bonchev–Trinajstić information content (AvgIpc) is 0.854. The van der Waals surface area contributed by atoms with Gasteiger partial charge in [0.15, 0.2) is 46.3 Å². The van der Waals surface area contributed by atoms with Gasteiger partial charge in [-0.1, -0.05) is 146 Å². The number of amides is 4. The maximum atomic E-state index is 13.2. The summed E-state index contributed by atoms with van der Waals surface area (Å²) in [6, 6.07) is 63.4. The normalized spacial score (nSPS) is 11.0. The Balaban J connectivity index is 0.000000135. The highest BCUT2D eigenvalue weighted by Crippen LogP contribution is 2.47. The highest BCUT2D eigenvalue weighted by atomic mass is 16.5. The molecule has 11 aromatic carbocycles. The van der Waals surface area contributed by atoms with Crippen molar-refractivity contribution >= 4 is 153 Å². The summed E-state index contributed by atoms with van der Waals surface area (Å²) in [6.07, 6.45) is 18.5. The molecule has 0 spiro atoms. The minimum Gasteiger partial charge on any atom is -0.505 e. The Morgan fingerprint density at radius 2 is 0.621 bits per heavy atom. The molecule has 0 aliphatic rings. The van der Waals surface area contributed by atoms with Crippen LogP contribution >= 0.6 is 0 Å². The minimum absolute atomic E-state index is 0.0103. The molecule has 0 saturated heterocycles. The van der Waals surface area contributed by atoms with Gasteiger partial charge in [0.05, 0.1) is 86.1 Å². The Morgan fingerprint density at radius 3 is 0.907 bits per heavy atom. The number of para-hydroxylation sites is 2. The molecule has 0 atom stereocenters. The topological polar surface area (TPSA) is 497 Å². The van der Waals surface area contributed by atoms with Gasteiger partial charge in [0, 0.05) is 89.5 Å². The fraction of sp³-hybridized carbons (Fsp3) is 0.0505.